The van der Waals surface area contributed by atoms with Crippen LogP contribution >= 0.6 is 0 Å². The topological polar surface area (TPSA) is 62.5 Å². The Morgan fingerprint density at radius 3 is 2.82 bits per heavy atom. The fourth-order valence-electron chi connectivity index (χ4n) is 4.08. The van der Waals surface area contributed by atoms with Crippen molar-refractivity contribution < 1.29 is 9.18 Å². The summed E-state index contributed by atoms with van der Waals surface area (Å²) in [5.41, 5.74) is 2.04. The van der Waals surface area contributed by atoms with E-state index in [1.807, 2.05) is 18.2 Å². The van der Waals surface area contributed by atoms with E-state index in [1.54, 1.807) is 22.8 Å². The highest BCUT2D eigenvalue weighted by Gasteiger charge is 2.28. The van der Waals surface area contributed by atoms with Gasteiger partial charge in [-0.05, 0) is 61.9 Å². The first-order chi connectivity index (χ1) is 13.7. The first-order valence-corrected chi connectivity index (χ1v) is 9.87. The Morgan fingerprint density at radius 1 is 1.14 bits per heavy atom. The average molecular weight is 379 g/mol. The molecule has 7 heteroatoms. The molecule has 144 valence electrons. The van der Waals surface area contributed by atoms with Crippen molar-refractivity contribution in [2.24, 2.45) is 0 Å². The van der Waals surface area contributed by atoms with Crippen LogP contribution in [0.15, 0.2) is 42.6 Å². The summed E-state index contributed by atoms with van der Waals surface area (Å²) in [5, 5.41) is 7.76. The lowest BCUT2D eigenvalue weighted by Gasteiger charge is -2.27. The summed E-state index contributed by atoms with van der Waals surface area (Å²) in [6.45, 7) is 0.845. The van der Waals surface area contributed by atoms with Crippen molar-refractivity contribution in [3.63, 3.8) is 0 Å². The molecule has 3 heterocycles. The Hall–Kier alpha value is -2.96. The summed E-state index contributed by atoms with van der Waals surface area (Å²) in [6, 6.07) is 10.9. The first kappa shape index (κ1) is 17.2. The van der Waals surface area contributed by atoms with Crippen molar-refractivity contribution >= 4 is 17.4 Å². The van der Waals surface area contributed by atoms with Crippen LogP contribution in [-0.2, 0) is 0 Å². The molecular weight excluding hydrogens is 357 g/mol. The van der Waals surface area contributed by atoms with Gasteiger partial charge in [0.1, 0.15) is 11.6 Å². The van der Waals surface area contributed by atoms with Gasteiger partial charge in [0, 0.05) is 12.6 Å². The zero-order chi connectivity index (χ0) is 19.1. The van der Waals surface area contributed by atoms with Gasteiger partial charge < -0.3 is 10.2 Å². The molecule has 1 aromatic carbocycles. The van der Waals surface area contributed by atoms with Crippen molar-refractivity contribution in [3.8, 4) is 0 Å². The summed E-state index contributed by atoms with van der Waals surface area (Å²) < 4.78 is 15.3. The molecule has 1 amide bonds. The molecule has 0 bridgehead atoms. The first-order valence-electron chi connectivity index (χ1n) is 9.87. The van der Waals surface area contributed by atoms with Gasteiger partial charge in [0.25, 0.3) is 5.91 Å². The molecule has 0 radical (unpaired) electrons. The molecule has 2 fully saturated rings. The molecule has 6 nitrogen and oxygen atoms in total. The fourth-order valence-corrected chi connectivity index (χ4v) is 4.08. The quantitative estimate of drug-likeness (QED) is 0.754. The van der Waals surface area contributed by atoms with Gasteiger partial charge >= 0.3 is 0 Å². The molecule has 3 aromatic rings. The molecule has 2 aromatic heterocycles. The van der Waals surface area contributed by atoms with Crippen molar-refractivity contribution in [3.05, 3.63) is 59.7 Å². The van der Waals surface area contributed by atoms with Crippen LogP contribution in [0.3, 0.4) is 0 Å². The molecule has 5 rings (SSSR count). The average Bonchev–Trinajstić information content (AvgIpc) is 3.31. The SMILES string of the molecule is O=C(NC1CCC1)c1cnc2ccc(N3CCC[C@@H]3c3cccc(F)c3)nn12. The van der Waals surface area contributed by atoms with Gasteiger partial charge in [-0.25, -0.2) is 13.9 Å². The minimum absolute atomic E-state index is 0.0800. The largest absolute Gasteiger partial charge is 0.348 e. The maximum absolute atomic E-state index is 13.7. The van der Waals surface area contributed by atoms with Crippen LogP contribution < -0.4 is 10.2 Å². The van der Waals surface area contributed by atoms with Gasteiger partial charge in [0.05, 0.1) is 12.2 Å². The minimum Gasteiger partial charge on any atom is -0.348 e. The fraction of sp³-hybridized carbons (Fsp3) is 0.381. The number of nitrogens with zero attached hydrogens (tertiary/aromatic N) is 4. The third kappa shape index (κ3) is 3.00. The van der Waals surface area contributed by atoms with Crippen molar-refractivity contribution in [2.75, 3.05) is 11.4 Å². The van der Waals surface area contributed by atoms with Crippen LogP contribution in [0, 0.1) is 5.82 Å². The highest BCUT2D eigenvalue weighted by atomic mass is 19.1. The molecular formula is C21H22FN5O. The molecule has 1 saturated heterocycles. The van der Waals surface area contributed by atoms with Crippen LogP contribution in [0.5, 0.6) is 0 Å². The predicted molar refractivity (Wildman–Crippen MR) is 104 cm³/mol. The summed E-state index contributed by atoms with van der Waals surface area (Å²) >= 11 is 0. The number of hydrogen-bond donors (Lipinski definition) is 1. The Balaban J connectivity index is 1.46. The molecule has 1 saturated carbocycles. The smallest absolute Gasteiger partial charge is 0.271 e. The molecule has 0 spiro atoms. The second kappa shape index (κ2) is 6.89. The number of carbonyl (C=O) groups excluding carboxylic acids is 1. The Labute approximate surface area is 162 Å². The number of fused-ring (bicyclic) bond motifs is 1. The Morgan fingerprint density at radius 2 is 2.04 bits per heavy atom. The van der Waals surface area contributed by atoms with E-state index in [0.717, 1.165) is 50.0 Å². The van der Waals surface area contributed by atoms with E-state index in [1.165, 1.54) is 6.07 Å². The van der Waals surface area contributed by atoms with E-state index in [2.05, 4.69) is 15.2 Å². The van der Waals surface area contributed by atoms with Crippen molar-refractivity contribution in [2.45, 2.75) is 44.2 Å². The van der Waals surface area contributed by atoms with Crippen LogP contribution in [0.4, 0.5) is 10.2 Å². The second-order valence-corrected chi connectivity index (χ2v) is 7.61. The van der Waals surface area contributed by atoms with Crippen LogP contribution in [0.25, 0.3) is 5.65 Å². The zero-order valence-corrected chi connectivity index (χ0v) is 15.5. The van der Waals surface area contributed by atoms with E-state index in [4.69, 9.17) is 5.10 Å². The third-order valence-electron chi connectivity index (χ3n) is 5.80. The van der Waals surface area contributed by atoms with Crippen LogP contribution in [0.1, 0.15) is 54.2 Å². The monoisotopic (exact) mass is 379 g/mol. The summed E-state index contributed by atoms with van der Waals surface area (Å²) in [4.78, 5) is 19.1. The van der Waals surface area contributed by atoms with Gasteiger partial charge in [-0.2, -0.15) is 0 Å². The summed E-state index contributed by atoms with van der Waals surface area (Å²) in [5.74, 6) is 0.414. The van der Waals surface area contributed by atoms with Crippen molar-refractivity contribution in [1.29, 1.82) is 0 Å². The Bertz CT molecular complexity index is 1030. The number of nitrogens with one attached hydrogen (secondary N) is 1. The van der Waals surface area contributed by atoms with Gasteiger partial charge in [-0.1, -0.05) is 12.1 Å². The third-order valence-corrected chi connectivity index (χ3v) is 5.80. The minimum atomic E-state index is -0.225. The van der Waals surface area contributed by atoms with Gasteiger partial charge in [-0.3, -0.25) is 4.79 Å². The molecule has 1 N–H and O–H groups in total. The number of benzene rings is 1. The highest BCUT2D eigenvalue weighted by Crippen LogP contribution is 2.35. The van der Waals surface area contributed by atoms with Gasteiger partial charge in [-0.15, -0.1) is 5.10 Å². The highest BCUT2D eigenvalue weighted by molar-refractivity contribution is 5.93. The van der Waals surface area contributed by atoms with Gasteiger partial charge in [0.15, 0.2) is 11.3 Å². The number of imidazole rings is 1. The maximum atomic E-state index is 13.7. The molecule has 2 aliphatic rings. The Kier molecular flexibility index (Phi) is 4.22. The van der Waals surface area contributed by atoms with E-state index in [9.17, 15) is 9.18 Å². The number of amides is 1. The second-order valence-electron chi connectivity index (χ2n) is 7.61. The lowest BCUT2D eigenvalue weighted by Crippen LogP contribution is -2.40. The zero-order valence-electron chi connectivity index (χ0n) is 15.5. The number of rotatable bonds is 4. The molecule has 1 aliphatic heterocycles. The molecule has 28 heavy (non-hydrogen) atoms. The van der Waals surface area contributed by atoms with Crippen LogP contribution in [0.2, 0.25) is 0 Å². The standard InChI is InChI=1S/C21H22FN5O/c22-15-5-1-4-14(12-15)17-8-3-11-26(17)20-10-9-19-23-13-18(27(19)25-20)21(28)24-16-6-2-7-16/h1,4-5,9-10,12-13,16-17H,2-3,6-8,11H2,(H,24,28)/t17-/m1/s1. The lowest BCUT2D eigenvalue weighted by molar-refractivity contribution is 0.0910. The molecule has 1 atom stereocenters. The van der Waals surface area contributed by atoms with E-state index >= 15 is 0 Å². The number of halogens is 1. The maximum Gasteiger partial charge on any atom is 0.271 e. The molecule has 1 aliphatic carbocycles. The van der Waals surface area contributed by atoms with Gasteiger partial charge in [0.2, 0.25) is 0 Å². The van der Waals surface area contributed by atoms with Crippen LogP contribution in [-0.4, -0.2) is 33.1 Å². The normalized spacial score (nSPS) is 19.8. The number of anilines is 1. The number of aromatic nitrogens is 3. The summed E-state index contributed by atoms with van der Waals surface area (Å²) in [7, 11) is 0. The van der Waals surface area contributed by atoms with E-state index in [0.29, 0.717) is 11.3 Å². The van der Waals surface area contributed by atoms with Crippen molar-refractivity contribution in [1.82, 2.24) is 19.9 Å². The summed E-state index contributed by atoms with van der Waals surface area (Å²) in [6.07, 6.45) is 6.77. The van der Waals surface area contributed by atoms with E-state index < -0.39 is 0 Å². The molecule has 0 unspecified atom stereocenters. The van der Waals surface area contributed by atoms with E-state index in [-0.39, 0.29) is 23.8 Å². The lowest BCUT2D eigenvalue weighted by atomic mass is 9.93. The number of carbonyl (C=O) groups is 1. The number of hydrogen-bond acceptors (Lipinski definition) is 4. The predicted octanol–water partition coefficient (Wildman–Crippen LogP) is 3.49.